The minimum absolute atomic E-state index is 0.0242. The number of benzene rings is 1. The average molecular weight is 247 g/mol. The van der Waals surface area contributed by atoms with Crippen LogP contribution in [0.25, 0.3) is 0 Å². The molecule has 1 heterocycles. The van der Waals surface area contributed by atoms with Crippen LogP contribution >= 0.6 is 0 Å². The van der Waals surface area contributed by atoms with Gasteiger partial charge in [0.25, 0.3) is 0 Å². The first-order valence-corrected chi connectivity index (χ1v) is 6.42. The van der Waals surface area contributed by atoms with Crippen molar-refractivity contribution in [1.82, 2.24) is 4.90 Å². The Morgan fingerprint density at radius 2 is 2.33 bits per heavy atom. The zero-order chi connectivity index (χ0) is 13.1. The van der Waals surface area contributed by atoms with Gasteiger partial charge in [-0.05, 0) is 25.5 Å². The molecule has 1 aliphatic rings. The number of amides is 1. The molecule has 1 amide bonds. The van der Waals surface area contributed by atoms with E-state index in [0.717, 1.165) is 19.5 Å². The average Bonchev–Trinajstić information content (AvgIpc) is 2.80. The summed E-state index contributed by atoms with van der Waals surface area (Å²) in [4.78, 5) is 13.5. The minimum atomic E-state index is -0.197. The molecule has 0 saturated carbocycles. The third kappa shape index (κ3) is 2.71. The molecular formula is C14H21N3O. The van der Waals surface area contributed by atoms with Crippen LogP contribution in [0.15, 0.2) is 24.3 Å². The molecule has 1 aromatic rings. The van der Waals surface area contributed by atoms with Gasteiger partial charge in [0.05, 0.1) is 5.92 Å². The van der Waals surface area contributed by atoms with Crippen molar-refractivity contribution < 1.29 is 4.79 Å². The van der Waals surface area contributed by atoms with E-state index >= 15 is 0 Å². The summed E-state index contributed by atoms with van der Waals surface area (Å²) in [6.07, 6.45) is 0.845. The van der Waals surface area contributed by atoms with Gasteiger partial charge in [-0.2, -0.15) is 0 Å². The Bertz CT molecular complexity index is 433. The fraction of sp³-hybridized carbons (Fsp3) is 0.500. The fourth-order valence-corrected chi connectivity index (χ4v) is 2.68. The van der Waals surface area contributed by atoms with Gasteiger partial charge in [0.2, 0.25) is 5.91 Å². The number of likely N-dealkylation sites (tertiary alicyclic amines) is 1. The van der Waals surface area contributed by atoms with E-state index in [9.17, 15) is 4.79 Å². The van der Waals surface area contributed by atoms with Crippen molar-refractivity contribution in [3.8, 4) is 0 Å². The van der Waals surface area contributed by atoms with Crippen molar-refractivity contribution in [2.24, 2.45) is 17.4 Å². The molecule has 1 fully saturated rings. The van der Waals surface area contributed by atoms with Crippen molar-refractivity contribution in [3.63, 3.8) is 0 Å². The van der Waals surface area contributed by atoms with Crippen LogP contribution in [0.2, 0.25) is 0 Å². The van der Waals surface area contributed by atoms with Crippen LogP contribution in [0.5, 0.6) is 0 Å². The second kappa shape index (κ2) is 5.50. The molecule has 2 atom stereocenters. The number of nitrogens with two attached hydrogens (primary N) is 2. The topological polar surface area (TPSA) is 72.3 Å². The Balaban J connectivity index is 2.13. The highest BCUT2D eigenvalue weighted by Gasteiger charge is 2.31. The molecule has 4 nitrogen and oxygen atoms in total. The van der Waals surface area contributed by atoms with Crippen molar-refractivity contribution in [2.75, 3.05) is 19.6 Å². The molecule has 2 unspecified atom stereocenters. The van der Waals surface area contributed by atoms with Crippen LogP contribution in [-0.4, -0.2) is 30.4 Å². The van der Waals surface area contributed by atoms with E-state index in [1.807, 2.05) is 0 Å². The first-order valence-electron chi connectivity index (χ1n) is 6.42. The highest BCUT2D eigenvalue weighted by molar-refractivity contribution is 5.77. The van der Waals surface area contributed by atoms with E-state index in [1.165, 1.54) is 11.1 Å². The van der Waals surface area contributed by atoms with E-state index < -0.39 is 0 Å². The lowest BCUT2D eigenvalue weighted by Gasteiger charge is -2.27. The molecule has 1 aliphatic heterocycles. The van der Waals surface area contributed by atoms with E-state index in [2.05, 4.69) is 36.1 Å². The quantitative estimate of drug-likeness (QED) is 0.826. The van der Waals surface area contributed by atoms with E-state index in [-0.39, 0.29) is 17.9 Å². The van der Waals surface area contributed by atoms with Gasteiger partial charge in [-0.15, -0.1) is 0 Å². The molecule has 4 heteroatoms. The molecule has 0 bridgehead atoms. The number of hydrogen-bond acceptors (Lipinski definition) is 3. The standard InChI is InChI=1S/C14H21N3O/c1-10-3-2-4-11(7-10)13(8-15)17-6-5-12(9-17)14(16)18/h2-4,7,12-13H,5-6,8-9,15H2,1H3,(H2,16,18). The summed E-state index contributed by atoms with van der Waals surface area (Å²) >= 11 is 0. The molecule has 98 valence electrons. The lowest BCUT2D eigenvalue weighted by atomic mass is 10.0. The van der Waals surface area contributed by atoms with Gasteiger partial charge < -0.3 is 11.5 Å². The van der Waals surface area contributed by atoms with Crippen molar-refractivity contribution in [1.29, 1.82) is 0 Å². The normalized spacial score (nSPS) is 22.0. The lowest BCUT2D eigenvalue weighted by molar-refractivity contribution is -0.121. The molecule has 0 spiro atoms. The van der Waals surface area contributed by atoms with Crippen LogP contribution in [0.4, 0.5) is 0 Å². The maximum absolute atomic E-state index is 11.2. The Morgan fingerprint density at radius 3 is 2.89 bits per heavy atom. The highest BCUT2D eigenvalue weighted by Crippen LogP contribution is 2.27. The SMILES string of the molecule is Cc1cccc(C(CN)N2CCC(C(N)=O)C2)c1. The molecule has 1 saturated heterocycles. The van der Waals surface area contributed by atoms with Crippen LogP contribution < -0.4 is 11.5 Å². The summed E-state index contributed by atoms with van der Waals surface area (Å²) < 4.78 is 0. The highest BCUT2D eigenvalue weighted by atomic mass is 16.1. The Labute approximate surface area is 108 Å². The number of aryl methyl sites for hydroxylation is 1. The van der Waals surface area contributed by atoms with Crippen LogP contribution in [-0.2, 0) is 4.79 Å². The maximum Gasteiger partial charge on any atom is 0.221 e. The third-order valence-corrected chi connectivity index (χ3v) is 3.71. The summed E-state index contributed by atoms with van der Waals surface area (Å²) in [6, 6.07) is 8.58. The van der Waals surface area contributed by atoms with Gasteiger partial charge >= 0.3 is 0 Å². The van der Waals surface area contributed by atoms with E-state index in [4.69, 9.17) is 11.5 Å². The van der Waals surface area contributed by atoms with Crippen LogP contribution in [0.3, 0.4) is 0 Å². The fourth-order valence-electron chi connectivity index (χ4n) is 2.68. The molecule has 0 aliphatic carbocycles. The van der Waals surface area contributed by atoms with Crippen LogP contribution in [0, 0.1) is 12.8 Å². The van der Waals surface area contributed by atoms with Gasteiger partial charge in [-0.25, -0.2) is 0 Å². The third-order valence-electron chi connectivity index (χ3n) is 3.71. The predicted molar refractivity (Wildman–Crippen MR) is 71.8 cm³/mol. The Hall–Kier alpha value is -1.39. The lowest BCUT2D eigenvalue weighted by Crippen LogP contribution is -2.34. The van der Waals surface area contributed by atoms with Crippen molar-refractivity contribution >= 4 is 5.91 Å². The van der Waals surface area contributed by atoms with Gasteiger partial charge in [-0.1, -0.05) is 29.8 Å². The van der Waals surface area contributed by atoms with Gasteiger partial charge in [0.1, 0.15) is 0 Å². The second-order valence-corrected chi connectivity index (χ2v) is 5.05. The monoisotopic (exact) mass is 247 g/mol. The molecule has 0 radical (unpaired) electrons. The number of carbonyl (C=O) groups is 1. The first-order chi connectivity index (χ1) is 8.61. The largest absolute Gasteiger partial charge is 0.369 e. The minimum Gasteiger partial charge on any atom is -0.369 e. The molecule has 0 aromatic heterocycles. The van der Waals surface area contributed by atoms with Crippen molar-refractivity contribution in [2.45, 2.75) is 19.4 Å². The molecular weight excluding hydrogens is 226 g/mol. The van der Waals surface area contributed by atoms with E-state index in [0.29, 0.717) is 6.54 Å². The zero-order valence-corrected chi connectivity index (χ0v) is 10.8. The van der Waals surface area contributed by atoms with Gasteiger partial charge in [-0.3, -0.25) is 9.69 Å². The summed E-state index contributed by atoms with van der Waals surface area (Å²) in [6.45, 7) is 4.26. The summed E-state index contributed by atoms with van der Waals surface area (Å²) in [5, 5.41) is 0. The molecule has 18 heavy (non-hydrogen) atoms. The Kier molecular flexibility index (Phi) is 3.99. The number of primary amides is 1. The molecule has 1 aromatic carbocycles. The molecule has 4 N–H and O–H groups in total. The predicted octanol–water partition coefficient (Wildman–Crippen LogP) is 0.802. The molecule has 2 rings (SSSR count). The second-order valence-electron chi connectivity index (χ2n) is 5.05. The smallest absolute Gasteiger partial charge is 0.221 e. The number of hydrogen-bond donors (Lipinski definition) is 2. The summed E-state index contributed by atoms with van der Waals surface area (Å²) in [7, 11) is 0. The van der Waals surface area contributed by atoms with Crippen molar-refractivity contribution in [3.05, 3.63) is 35.4 Å². The van der Waals surface area contributed by atoms with Gasteiger partial charge in [0, 0.05) is 19.1 Å². The van der Waals surface area contributed by atoms with Crippen LogP contribution in [0.1, 0.15) is 23.6 Å². The zero-order valence-electron chi connectivity index (χ0n) is 10.8. The summed E-state index contributed by atoms with van der Waals surface area (Å²) in [5.41, 5.74) is 13.7. The summed E-state index contributed by atoms with van der Waals surface area (Å²) in [5.74, 6) is -0.221. The Morgan fingerprint density at radius 1 is 1.56 bits per heavy atom. The number of rotatable bonds is 4. The van der Waals surface area contributed by atoms with E-state index in [1.54, 1.807) is 0 Å². The van der Waals surface area contributed by atoms with Gasteiger partial charge in [0.15, 0.2) is 0 Å². The number of nitrogens with zero attached hydrogens (tertiary/aromatic N) is 1. The first kappa shape index (κ1) is 13.1. The maximum atomic E-state index is 11.2. The number of carbonyl (C=O) groups excluding carboxylic acids is 1.